The molecule has 0 atom stereocenters. The van der Waals surface area contributed by atoms with Gasteiger partial charge in [-0.15, -0.1) is 0 Å². The van der Waals surface area contributed by atoms with Gasteiger partial charge in [-0.3, -0.25) is 9.59 Å². The molecule has 0 saturated carbocycles. The Morgan fingerprint density at radius 3 is 2.88 bits per heavy atom. The average Bonchev–Trinajstić information content (AvgIpc) is 2.33. The number of H-pyrrole nitrogens is 1. The van der Waals surface area contributed by atoms with Crippen LogP contribution in [0.2, 0.25) is 0 Å². The van der Waals surface area contributed by atoms with E-state index < -0.39 is 5.91 Å². The molecule has 0 aromatic carbocycles. The lowest BCUT2D eigenvalue weighted by Crippen LogP contribution is -2.17. The maximum Gasteiger partial charge on any atom is 0.276 e. The van der Waals surface area contributed by atoms with E-state index in [9.17, 15) is 9.59 Å². The first-order chi connectivity index (χ1) is 8.16. The monoisotopic (exact) mass is 294 g/mol. The maximum absolute atomic E-state index is 11.7. The quantitative estimate of drug-likeness (QED) is 0.871. The van der Waals surface area contributed by atoms with Crippen molar-refractivity contribution >= 4 is 27.7 Å². The lowest BCUT2D eigenvalue weighted by Gasteiger charge is -2.04. The van der Waals surface area contributed by atoms with Gasteiger partial charge in [-0.2, -0.15) is 0 Å². The molecule has 0 unspecified atom stereocenters. The van der Waals surface area contributed by atoms with E-state index in [0.717, 1.165) is 6.20 Å². The lowest BCUT2D eigenvalue weighted by atomic mass is 10.4. The molecule has 2 N–H and O–H groups in total. The highest BCUT2D eigenvalue weighted by Gasteiger charge is 2.09. The largest absolute Gasteiger partial charge is 0.325 e. The van der Waals surface area contributed by atoms with Crippen molar-refractivity contribution in [1.82, 2.24) is 15.0 Å². The number of halogens is 1. The van der Waals surface area contributed by atoms with Crippen molar-refractivity contribution in [2.24, 2.45) is 0 Å². The molecule has 0 aliphatic carbocycles. The number of anilines is 1. The van der Waals surface area contributed by atoms with E-state index in [4.69, 9.17) is 0 Å². The van der Waals surface area contributed by atoms with Gasteiger partial charge < -0.3 is 10.3 Å². The van der Waals surface area contributed by atoms with Crippen molar-refractivity contribution in [1.29, 1.82) is 0 Å². The summed E-state index contributed by atoms with van der Waals surface area (Å²) in [6.45, 7) is 0. The van der Waals surface area contributed by atoms with Crippen molar-refractivity contribution in [3.05, 3.63) is 51.2 Å². The molecule has 2 aromatic heterocycles. The Bertz CT molecular complexity index is 591. The Morgan fingerprint density at radius 2 is 2.24 bits per heavy atom. The predicted molar refractivity (Wildman–Crippen MR) is 64.7 cm³/mol. The van der Waals surface area contributed by atoms with Crippen LogP contribution in [0.5, 0.6) is 0 Å². The first kappa shape index (κ1) is 11.5. The summed E-state index contributed by atoms with van der Waals surface area (Å²) in [5.41, 5.74) is -0.247. The normalized spacial score (nSPS) is 9.94. The Kier molecular flexibility index (Phi) is 3.29. The summed E-state index contributed by atoms with van der Waals surface area (Å²) in [6.07, 6.45) is 3.84. The van der Waals surface area contributed by atoms with Crippen LogP contribution in [-0.2, 0) is 0 Å². The minimum atomic E-state index is -0.444. The second-order valence-corrected chi connectivity index (χ2v) is 3.94. The molecule has 0 aliphatic heterocycles. The van der Waals surface area contributed by atoms with E-state index in [1.165, 1.54) is 6.20 Å². The van der Waals surface area contributed by atoms with Crippen LogP contribution in [0.1, 0.15) is 10.5 Å². The molecule has 86 valence electrons. The number of carbonyl (C=O) groups excluding carboxylic acids is 1. The van der Waals surface area contributed by atoms with E-state index in [1.54, 1.807) is 18.3 Å². The number of aromatic amines is 1. The minimum Gasteiger partial charge on any atom is -0.325 e. The fourth-order valence-electron chi connectivity index (χ4n) is 1.12. The van der Waals surface area contributed by atoms with Crippen LogP contribution in [0.25, 0.3) is 0 Å². The molecule has 17 heavy (non-hydrogen) atoms. The predicted octanol–water partition coefficient (Wildman–Crippen LogP) is 1.18. The standard InChI is InChI=1S/C10H7BrN4O2/c11-6-2-1-3-12-9(6)15-10(17)7-4-14-8(16)5-13-7/h1-5H,(H,14,16)(H,12,15,17). The van der Waals surface area contributed by atoms with Crippen LogP contribution < -0.4 is 10.9 Å². The maximum atomic E-state index is 11.7. The summed E-state index contributed by atoms with van der Waals surface area (Å²) < 4.78 is 0.665. The number of hydrogen-bond acceptors (Lipinski definition) is 4. The van der Waals surface area contributed by atoms with Crippen molar-refractivity contribution < 1.29 is 4.79 Å². The SMILES string of the molecule is O=C(Nc1ncccc1Br)c1c[nH]c(=O)cn1. The summed E-state index contributed by atoms with van der Waals surface area (Å²) in [6, 6.07) is 3.49. The Balaban J connectivity index is 2.20. The molecule has 0 saturated heterocycles. The van der Waals surface area contributed by atoms with Crippen LogP contribution in [-0.4, -0.2) is 20.9 Å². The lowest BCUT2D eigenvalue weighted by molar-refractivity contribution is 0.102. The van der Waals surface area contributed by atoms with Crippen LogP contribution in [0.4, 0.5) is 5.82 Å². The Hall–Kier alpha value is -2.02. The molecule has 6 nitrogen and oxygen atoms in total. The molecule has 0 aliphatic rings. The second kappa shape index (κ2) is 4.88. The van der Waals surface area contributed by atoms with Gasteiger partial charge in [0.2, 0.25) is 0 Å². The molecular weight excluding hydrogens is 288 g/mol. The zero-order valence-corrected chi connectivity index (χ0v) is 10.1. The fourth-order valence-corrected chi connectivity index (χ4v) is 1.47. The van der Waals surface area contributed by atoms with Crippen LogP contribution in [0.15, 0.2) is 40.0 Å². The minimum absolute atomic E-state index is 0.113. The third-order valence-electron chi connectivity index (χ3n) is 1.90. The van der Waals surface area contributed by atoms with Gasteiger partial charge in [-0.25, -0.2) is 9.97 Å². The number of rotatable bonds is 2. The number of amides is 1. The van der Waals surface area contributed by atoms with Crippen LogP contribution in [0, 0.1) is 0 Å². The number of nitrogens with zero attached hydrogens (tertiary/aromatic N) is 2. The van der Waals surface area contributed by atoms with Gasteiger partial charge in [0.05, 0.1) is 10.7 Å². The molecule has 0 radical (unpaired) electrons. The number of pyridine rings is 1. The van der Waals surface area contributed by atoms with Crippen molar-refractivity contribution in [2.45, 2.75) is 0 Å². The Labute approximate surface area is 104 Å². The molecular formula is C10H7BrN4O2. The average molecular weight is 295 g/mol. The smallest absolute Gasteiger partial charge is 0.276 e. The molecule has 1 amide bonds. The van der Waals surface area contributed by atoms with E-state index in [-0.39, 0.29) is 11.3 Å². The zero-order chi connectivity index (χ0) is 12.3. The molecule has 7 heteroatoms. The van der Waals surface area contributed by atoms with Gasteiger partial charge in [-0.05, 0) is 28.1 Å². The summed E-state index contributed by atoms with van der Waals surface area (Å²) in [4.78, 5) is 32.6. The van der Waals surface area contributed by atoms with Gasteiger partial charge in [0.1, 0.15) is 11.5 Å². The summed E-state index contributed by atoms with van der Waals surface area (Å²) in [5.74, 6) is -0.0499. The molecule has 2 rings (SSSR count). The van der Waals surface area contributed by atoms with Crippen LogP contribution in [0.3, 0.4) is 0 Å². The highest BCUT2D eigenvalue weighted by molar-refractivity contribution is 9.10. The molecule has 0 bridgehead atoms. The van der Waals surface area contributed by atoms with Gasteiger partial charge >= 0.3 is 0 Å². The summed E-state index contributed by atoms with van der Waals surface area (Å²) in [7, 11) is 0. The second-order valence-electron chi connectivity index (χ2n) is 3.08. The first-order valence-electron chi connectivity index (χ1n) is 4.63. The van der Waals surface area contributed by atoms with Gasteiger partial charge in [0, 0.05) is 12.4 Å². The van der Waals surface area contributed by atoms with Crippen molar-refractivity contribution in [3.63, 3.8) is 0 Å². The van der Waals surface area contributed by atoms with E-state index >= 15 is 0 Å². The molecule has 2 aromatic rings. The molecule has 2 heterocycles. The highest BCUT2D eigenvalue weighted by Crippen LogP contribution is 2.18. The first-order valence-corrected chi connectivity index (χ1v) is 5.43. The zero-order valence-electron chi connectivity index (χ0n) is 8.48. The third-order valence-corrected chi connectivity index (χ3v) is 2.53. The number of aromatic nitrogens is 3. The summed E-state index contributed by atoms with van der Waals surface area (Å²) >= 11 is 3.25. The number of hydrogen-bond donors (Lipinski definition) is 2. The van der Waals surface area contributed by atoms with E-state index in [2.05, 4.69) is 36.2 Å². The number of nitrogens with one attached hydrogen (secondary N) is 2. The fraction of sp³-hybridized carbons (Fsp3) is 0. The summed E-state index contributed by atoms with van der Waals surface area (Å²) in [5, 5.41) is 2.56. The number of carbonyl (C=O) groups is 1. The van der Waals surface area contributed by atoms with Crippen molar-refractivity contribution in [3.8, 4) is 0 Å². The molecule has 0 fully saturated rings. The third kappa shape index (κ3) is 2.76. The van der Waals surface area contributed by atoms with Gasteiger partial charge in [-0.1, -0.05) is 0 Å². The van der Waals surface area contributed by atoms with Gasteiger partial charge in [0.15, 0.2) is 0 Å². The topological polar surface area (TPSA) is 87.7 Å². The van der Waals surface area contributed by atoms with Crippen LogP contribution >= 0.6 is 15.9 Å². The Morgan fingerprint density at radius 1 is 1.41 bits per heavy atom. The van der Waals surface area contributed by atoms with E-state index in [1.807, 2.05) is 0 Å². The molecule has 0 spiro atoms. The van der Waals surface area contributed by atoms with E-state index in [0.29, 0.717) is 10.3 Å². The highest BCUT2D eigenvalue weighted by atomic mass is 79.9. The van der Waals surface area contributed by atoms with Gasteiger partial charge in [0.25, 0.3) is 11.5 Å². The van der Waals surface area contributed by atoms with Crippen molar-refractivity contribution in [2.75, 3.05) is 5.32 Å².